The number of hydrogen-bond donors (Lipinski definition) is 0. The van der Waals surface area contributed by atoms with Crippen molar-refractivity contribution in [2.24, 2.45) is 0 Å². The molecule has 0 bridgehead atoms. The molecule has 1 aromatic carbocycles. The Kier molecular flexibility index (Phi) is 4.70. The van der Waals surface area contributed by atoms with Gasteiger partial charge in [0.2, 0.25) is 5.91 Å². The van der Waals surface area contributed by atoms with E-state index in [0.717, 1.165) is 48.9 Å². The van der Waals surface area contributed by atoms with Crippen molar-refractivity contribution in [3.63, 3.8) is 0 Å². The van der Waals surface area contributed by atoms with E-state index >= 15 is 0 Å². The predicted molar refractivity (Wildman–Crippen MR) is 110 cm³/mol. The van der Waals surface area contributed by atoms with Gasteiger partial charge >= 0.3 is 0 Å². The Balaban J connectivity index is 1.43. The van der Waals surface area contributed by atoms with E-state index in [1.54, 1.807) is 34.4 Å². The van der Waals surface area contributed by atoms with Crippen LogP contribution in [0.4, 0.5) is 4.39 Å². The Bertz CT molecular complexity index is 1150. The fourth-order valence-corrected chi connectivity index (χ4v) is 5.37. The molecule has 2 aliphatic rings. The molecule has 150 valence electrons. The largest absolute Gasteiger partial charge is 0.334 e. The molecular weight excluding hydrogens is 389 g/mol. The molecule has 1 fully saturated rings. The summed E-state index contributed by atoms with van der Waals surface area (Å²) in [6.07, 6.45) is 7.48. The number of hydrogen-bond acceptors (Lipinski definition) is 4. The van der Waals surface area contributed by atoms with Crippen molar-refractivity contribution in [1.29, 1.82) is 0 Å². The maximum absolute atomic E-state index is 14.1. The number of halogens is 1. The number of aryl methyl sites for hydroxylation is 2. The third-order valence-corrected chi connectivity index (χ3v) is 7.05. The summed E-state index contributed by atoms with van der Waals surface area (Å²) >= 11 is 1.60. The summed E-state index contributed by atoms with van der Waals surface area (Å²) in [6.45, 7) is 0.172. The molecular formula is C22H22FN3O2S. The first-order chi connectivity index (χ1) is 14.1. The minimum absolute atomic E-state index is 0.0582. The number of amides is 1. The van der Waals surface area contributed by atoms with E-state index in [1.807, 2.05) is 0 Å². The normalized spacial score (nSPS) is 16.0. The zero-order valence-corrected chi connectivity index (χ0v) is 16.9. The predicted octanol–water partition coefficient (Wildman–Crippen LogP) is 3.67. The van der Waals surface area contributed by atoms with Crippen molar-refractivity contribution in [1.82, 2.24) is 14.5 Å². The first-order valence-electron chi connectivity index (χ1n) is 10.1. The van der Waals surface area contributed by atoms with E-state index in [4.69, 9.17) is 0 Å². The van der Waals surface area contributed by atoms with Gasteiger partial charge in [0.1, 0.15) is 17.2 Å². The first kappa shape index (κ1) is 18.5. The molecule has 5 rings (SSSR count). The SMILES string of the molecule is O=C(Cn1cnc2sc3c(c2c1=O)CCCC3)N(Cc1ccccc1F)C1CC1. The summed E-state index contributed by atoms with van der Waals surface area (Å²) in [4.78, 5) is 34.4. The Hall–Kier alpha value is -2.54. The van der Waals surface area contributed by atoms with Crippen molar-refractivity contribution < 1.29 is 9.18 Å². The number of carbonyl (C=O) groups is 1. The Morgan fingerprint density at radius 2 is 2.03 bits per heavy atom. The topological polar surface area (TPSA) is 55.2 Å². The number of nitrogens with zero attached hydrogens (tertiary/aromatic N) is 3. The van der Waals surface area contributed by atoms with Gasteiger partial charge < -0.3 is 4.90 Å². The van der Waals surface area contributed by atoms with E-state index < -0.39 is 0 Å². The van der Waals surface area contributed by atoms with Crippen LogP contribution in [0.15, 0.2) is 35.4 Å². The standard InChI is InChI=1S/C22H22FN3O2S/c23-17-7-3-1-5-14(17)11-26(15-9-10-15)19(27)12-25-13-24-21-20(22(25)28)16-6-2-4-8-18(16)29-21/h1,3,5,7,13,15H,2,4,6,8-12H2. The molecule has 5 nitrogen and oxygen atoms in total. The van der Waals surface area contributed by atoms with Gasteiger partial charge in [-0.1, -0.05) is 18.2 Å². The number of benzene rings is 1. The van der Waals surface area contributed by atoms with E-state index in [-0.39, 0.29) is 36.4 Å². The van der Waals surface area contributed by atoms with Crippen LogP contribution in [0.25, 0.3) is 10.2 Å². The molecule has 0 N–H and O–H groups in total. The number of carbonyl (C=O) groups excluding carboxylic acids is 1. The fourth-order valence-electron chi connectivity index (χ4n) is 4.15. The third-order valence-electron chi connectivity index (χ3n) is 5.85. The molecule has 0 aliphatic heterocycles. The van der Waals surface area contributed by atoms with Crippen LogP contribution >= 0.6 is 11.3 Å². The van der Waals surface area contributed by atoms with Crippen LogP contribution in [0.3, 0.4) is 0 Å². The lowest BCUT2D eigenvalue weighted by molar-refractivity contribution is -0.133. The molecule has 2 aliphatic carbocycles. The summed E-state index contributed by atoms with van der Waals surface area (Å²) in [7, 11) is 0. The number of thiophene rings is 1. The molecule has 3 aromatic rings. The highest BCUT2D eigenvalue weighted by Gasteiger charge is 2.33. The van der Waals surface area contributed by atoms with Gasteiger partial charge in [-0.25, -0.2) is 9.37 Å². The molecule has 7 heteroatoms. The maximum atomic E-state index is 14.1. The molecule has 0 unspecified atom stereocenters. The van der Waals surface area contributed by atoms with Crippen LogP contribution < -0.4 is 5.56 Å². The molecule has 29 heavy (non-hydrogen) atoms. The van der Waals surface area contributed by atoms with Crippen LogP contribution in [0.1, 0.15) is 41.7 Å². The molecule has 2 heterocycles. The molecule has 0 radical (unpaired) electrons. The zero-order valence-electron chi connectivity index (χ0n) is 16.1. The Morgan fingerprint density at radius 1 is 1.24 bits per heavy atom. The van der Waals surface area contributed by atoms with Crippen molar-refractivity contribution in [3.05, 3.63) is 62.8 Å². The molecule has 1 amide bonds. The summed E-state index contributed by atoms with van der Waals surface area (Å²) < 4.78 is 15.5. The maximum Gasteiger partial charge on any atom is 0.262 e. The summed E-state index contributed by atoms with van der Waals surface area (Å²) in [6, 6.07) is 6.66. The van der Waals surface area contributed by atoms with Gasteiger partial charge in [-0.15, -0.1) is 11.3 Å². The second-order valence-electron chi connectivity index (χ2n) is 7.91. The van der Waals surface area contributed by atoms with Crippen LogP contribution in [-0.4, -0.2) is 26.4 Å². The van der Waals surface area contributed by atoms with Crippen molar-refractivity contribution >= 4 is 27.5 Å². The fraction of sp³-hybridized carbons (Fsp3) is 0.409. The zero-order chi connectivity index (χ0) is 20.0. The molecule has 1 saturated carbocycles. The van der Waals surface area contributed by atoms with E-state index in [2.05, 4.69) is 4.98 Å². The molecule has 0 saturated heterocycles. The minimum atomic E-state index is -0.309. The second kappa shape index (κ2) is 7.37. The van der Waals surface area contributed by atoms with Gasteiger partial charge in [-0.05, 0) is 50.2 Å². The minimum Gasteiger partial charge on any atom is -0.334 e. The van der Waals surface area contributed by atoms with Gasteiger partial charge in [-0.3, -0.25) is 14.2 Å². The summed E-state index contributed by atoms with van der Waals surface area (Å²) in [5.74, 6) is -0.473. The molecule has 0 atom stereocenters. The van der Waals surface area contributed by atoms with Crippen LogP contribution in [0.2, 0.25) is 0 Å². The lowest BCUT2D eigenvalue weighted by Gasteiger charge is -2.23. The van der Waals surface area contributed by atoms with Crippen molar-refractivity contribution in [2.45, 2.75) is 57.7 Å². The van der Waals surface area contributed by atoms with Gasteiger partial charge in [0.15, 0.2) is 0 Å². The quantitative estimate of drug-likeness (QED) is 0.644. The van der Waals surface area contributed by atoms with Crippen LogP contribution in [0.5, 0.6) is 0 Å². The molecule has 0 spiro atoms. The van der Waals surface area contributed by atoms with Crippen molar-refractivity contribution in [2.75, 3.05) is 0 Å². The first-order valence-corrected chi connectivity index (χ1v) is 11.0. The average Bonchev–Trinajstić information content (AvgIpc) is 3.49. The van der Waals surface area contributed by atoms with Gasteiger partial charge in [-0.2, -0.15) is 0 Å². The monoisotopic (exact) mass is 411 g/mol. The summed E-state index contributed by atoms with van der Waals surface area (Å²) in [5.41, 5.74) is 1.49. The lowest BCUT2D eigenvalue weighted by atomic mass is 9.97. The number of aromatic nitrogens is 2. The average molecular weight is 412 g/mol. The van der Waals surface area contributed by atoms with Gasteiger partial charge in [0, 0.05) is 23.0 Å². The lowest BCUT2D eigenvalue weighted by Crippen LogP contribution is -2.38. The van der Waals surface area contributed by atoms with Crippen LogP contribution in [-0.2, 0) is 30.7 Å². The van der Waals surface area contributed by atoms with Crippen molar-refractivity contribution in [3.8, 4) is 0 Å². The highest BCUT2D eigenvalue weighted by molar-refractivity contribution is 7.18. The second-order valence-corrected chi connectivity index (χ2v) is 9.00. The number of fused-ring (bicyclic) bond motifs is 3. The highest BCUT2D eigenvalue weighted by Crippen LogP contribution is 2.33. The van der Waals surface area contributed by atoms with E-state index in [0.29, 0.717) is 10.9 Å². The Morgan fingerprint density at radius 3 is 2.83 bits per heavy atom. The third kappa shape index (κ3) is 3.48. The molecule has 2 aromatic heterocycles. The van der Waals surface area contributed by atoms with E-state index in [1.165, 1.54) is 21.8 Å². The van der Waals surface area contributed by atoms with E-state index in [9.17, 15) is 14.0 Å². The van der Waals surface area contributed by atoms with Gasteiger partial charge in [0.25, 0.3) is 5.56 Å². The number of rotatable bonds is 5. The smallest absolute Gasteiger partial charge is 0.262 e. The van der Waals surface area contributed by atoms with Crippen LogP contribution in [0, 0.1) is 5.82 Å². The van der Waals surface area contributed by atoms with Gasteiger partial charge in [0.05, 0.1) is 11.7 Å². The summed E-state index contributed by atoms with van der Waals surface area (Å²) in [5, 5.41) is 0.687. The highest BCUT2D eigenvalue weighted by atomic mass is 32.1. The Labute approximate surface area is 171 Å².